The molecule has 3 aromatic heterocycles. The van der Waals surface area contributed by atoms with E-state index in [0.29, 0.717) is 34.1 Å². The molecule has 10 rings (SSSR count). The Morgan fingerprint density at radius 3 is 1.36 bits per heavy atom. The van der Waals surface area contributed by atoms with E-state index in [1.54, 1.807) is 4.57 Å². The molecular weight excluding hydrogens is 677 g/mol. The van der Waals surface area contributed by atoms with Crippen LogP contribution in [0.5, 0.6) is 0 Å². The van der Waals surface area contributed by atoms with E-state index in [1.165, 1.54) is 0 Å². The Bertz CT molecular complexity index is 3120. The number of fused-ring (bicyclic) bond motifs is 3. The van der Waals surface area contributed by atoms with Gasteiger partial charge in [0, 0.05) is 38.6 Å². The van der Waals surface area contributed by atoms with Crippen molar-refractivity contribution in [2.24, 2.45) is 0 Å². The topological polar surface area (TPSA) is 86.5 Å². The number of hydrogen-bond donors (Lipinski definition) is 0. The first-order chi connectivity index (χ1) is 27.2. The van der Waals surface area contributed by atoms with Crippen LogP contribution >= 0.6 is 0 Å². The molecule has 7 heteroatoms. The quantitative estimate of drug-likeness (QED) is 0.171. The van der Waals surface area contributed by atoms with Gasteiger partial charge in [0.25, 0.3) is 5.56 Å². The third-order valence-corrected chi connectivity index (χ3v) is 9.82. The highest BCUT2D eigenvalue weighted by molar-refractivity contribution is 5.95. The van der Waals surface area contributed by atoms with Crippen LogP contribution in [0, 0.1) is 0 Å². The minimum Gasteiger partial charge on any atom is -0.268 e. The van der Waals surface area contributed by atoms with Gasteiger partial charge in [-0.2, -0.15) is 0 Å². The zero-order valence-corrected chi connectivity index (χ0v) is 29.4. The monoisotopic (exact) mass is 706 g/mol. The first kappa shape index (κ1) is 32.0. The normalized spacial score (nSPS) is 11.3. The fraction of sp³-hybridized carbons (Fsp3) is 0. The number of para-hydroxylation sites is 3. The van der Waals surface area contributed by atoms with Crippen LogP contribution in [0.25, 0.3) is 95.1 Å². The fourth-order valence-corrected chi connectivity index (χ4v) is 7.19. The second kappa shape index (κ2) is 13.4. The van der Waals surface area contributed by atoms with Crippen molar-refractivity contribution in [3.8, 4) is 62.4 Å². The Morgan fingerprint density at radius 2 is 0.782 bits per heavy atom. The third-order valence-electron chi connectivity index (χ3n) is 9.82. The van der Waals surface area contributed by atoms with Crippen LogP contribution in [-0.2, 0) is 0 Å². The van der Waals surface area contributed by atoms with Crippen molar-refractivity contribution < 1.29 is 0 Å². The lowest BCUT2D eigenvalue weighted by atomic mass is 10.0. The molecular formula is C48H30N6O. The average molecular weight is 707 g/mol. The van der Waals surface area contributed by atoms with Crippen LogP contribution in [0.3, 0.4) is 0 Å². The van der Waals surface area contributed by atoms with Gasteiger partial charge in [-0.1, -0.05) is 140 Å². The van der Waals surface area contributed by atoms with E-state index in [2.05, 4.69) is 30.3 Å². The summed E-state index contributed by atoms with van der Waals surface area (Å²) in [6.07, 6.45) is 0. The molecule has 0 fully saturated rings. The zero-order valence-electron chi connectivity index (χ0n) is 29.4. The highest BCUT2D eigenvalue weighted by atomic mass is 16.1. The van der Waals surface area contributed by atoms with E-state index in [1.807, 2.05) is 152 Å². The Hall–Kier alpha value is -7.64. The summed E-state index contributed by atoms with van der Waals surface area (Å²) >= 11 is 0. The highest BCUT2D eigenvalue weighted by Crippen LogP contribution is 2.33. The number of benzene rings is 7. The third kappa shape index (κ3) is 5.81. The number of aromatic nitrogens is 6. The van der Waals surface area contributed by atoms with Gasteiger partial charge in [0.05, 0.1) is 39.0 Å². The summed E-state index contributed by atoms with van der Waals surface area (Å²) < 4.78 is 1.68. The summed E-state index contributed by atoms with van der Waals surface area (Å²) in [4.78, 5) is 39.9. The molecule has 258 valence electrons. The maximum atomic E-state index is 14.6. The predicted molar refractivity (Wildman–Crippen MR) is 221 cm³/mol. The van der Waals surface area contributed by atoms with E-state index >= 15 is 0 Å². The van der Waals surface area contributed by atoms with Crippen molar-refractivity contribution in [2.75, 3.05) is 0 Å². The Kier molecular flexibility index (Phi) is 7.81. The van der Waals surface area contributed by atoms with Gasteiger partial charge in [-0.3, -0.25) is 9.36 Å². The van der Waals surface area contributed by atoms with E-state index < -0.39 is 0 Å². The molecule has 10 aromatic rings. The molecule has 7 nitrogen and oxygen atoms in total. The molecule has 0 bridgehead atoms. The Morgan fingerprint density at radius 1 is 0.345 bits per heavy atom. The van der Waals surface area contributed by atoms with Crippen LogP contribution in [0.4, 0.5) is 0 Å². The van der Waals surface area contributed by atoms with Crippen LogP contribution < -0.4 is 5.56 Å². The molecule has 7 aromatic carbocycles. The van der Waals surface area contributed by atoms with E-state index in [4.69, 9.17) is 24.9 Å². The Balaban J connectivity index is 1.15. The lowest BCUT2D eigenvalue weighted by Crippen LogP contribution is -2.22. The number of nitrogens with zero attached hydrogens (tertiary/aromatic N) is 6. The summed E-state index contributed by atoms with van der Waals surface area (Å²) in [7, 11) is 0. The Labute approximate surface area is 316 Å². The van der Waals surface area contributed by atoms with Crippen LogP contribution in [0.2, 0.25) is 0 Å². The van der Waals surface area contributed by atoms with Gasteiger partial charge in [0.1, 0.15) is 5.82 Å². The van der Waals surface area contributed by atoms with Gasteiger partial charge < -0.3 is 0 Å². The van der Waals surface area contributed by atoms with Gasteiger partial charge in [-0.25, -0.2) is 24.9 Å². The first-order valence-corrected chi connectivity index (χ1v) is 18.1. The molecule has 0 saturated heterocycles. The molecule has 55 heavy (non-hydrogen) atoms. The minimum absolute atomic E-state index is 0.180. The largest absolute Gasteiger partial charge is 0.268 e. The summed E-state index contributed by atoms with van der Waals surface area (Å²) in [5, 5.41) is 2.47. The summed E-state index contributed by atoms with van der Waals surface area (Å²) in [6.45, 7) is 0. The molecule has 0 spiro atoms. The van der Waals surface area contributed by atoms with Crippen LogP contribution in [0.15, 0.2) is 187 Å². The van der Waals surface area contributed by atoms with Gasteiger partial charge in [-0.05, 0) is 42.5 Å². The number of hydrogen-bond acceptors (Lipinski definition) is 6. The summed E-state index contributed by atoms with van der Waals surface area (Å²) in [5.41, 5.74) is 8.81. The van der Waals surface area contributed by atoms with Crippen molar-refractivity contribution in [2.45, 2.75) is 0 Å². The van der Waals surface area contributed by atoms with E-state index in [0.717, 1.165) is 61.0 Å². The SMILES string of the molecule is O=c1c2ccccc2nc(-c2cccc(-c3nc(-c4ccccc4)c4ccccc4n3)c2)n1-c1cccc(-c2nc(-c3ccccc3)c3ccccc3n2)c1. The molecule has 0 amide bonds. The minimum atomic E-state index is -0.180. The molecule has 0 unspecified atom stereocenters. The lowest BCUT2D eigenvalue weighted by molar-refractivity contribution is 0.975. The molecule has 0 saturated carbocycles. The van der Waals surface area contributed by atoms with Crippen molar-refractivity contribution >= 4 is 32.7 Å². The average Bonchev–Trinajstić information content (AvgIpc) is 3.26. The smallest absolute Gasteiger partial charge is 0.266 e. The number of rotatable bonds is 6. The van der Waals surface area contributed by atoms with Gasteiger partial charge in [-0.15, -0.1) is 0 Å². The first-order valence-electron chi connectivity index (χ1n) is 18.1. The lowest BCUT2D eigenvalue weighted by Gasteiger charge is -2.16. The maximum Gasteiger partial charge on any atom is 0.266 e. The molecule has 3 heterocycles. The molecule has 0 atom stereocenters. The highest BCUT2D eigenvalue weighted by Gasteiger charge is 2.19. The van der Waals surface area contributed by atoms with E-state index in [-0.39, 0.29) is 5.56 Å². The van der Waals surface area contributed by atoms with Gasteiger partial charge >= 0.3 is 0 Å². The van der Waals surface area contributed by atoms with E-state index in [9.17, 15) is 4.79 Å². The molecule has 0 radical (unpaired) electrons. The summed E-state index contributed by atoms with van der Waals surface area (Å²) in [6, 6.07) is 59.5. The van der Waals surface area contributed by atoms with Crippen molar-refractivity contribution in [3.05, 3.63) is 192 Å². The van der Waals surface area contributed by atoms with Crippen LogP contribution in [-0.4, -0.2) is 29.5 Å². The second-order valence-corrected chi connectivity index (χ2v) is 13.3. The van der Waals surface area contributed by atoms with Crippen molar-refractivity contribution in [1.82, 2.24) is 29.5 Å². The zero-order chi connectivity index (χ0) is 36.7. The molecule has 0 N–H and O–H groups in total. The second-order valence-electron chi connectivity index (χ2n) is 13.3. The van der Waals surface area contributed by atoms with Crippen molar-refractivity contribution in [1.29, 1.82) is 0 Å². The van der Waals surface area contributed by atoms with Gasteiger partial charge in [0.2, 0.25) is 0 Å². The van der Waals surface area contributed by atoms with Gasteiger partial charge in [0.15, 0.2) is 11.6 Å². The molecule has 0 aliphatic carbocycles. The molecule has 0 aliphatic rings. The standard InChI is InChI=1S/C48H30N6O/c55-48-39-25-9-12-28-42(39)51-47(35-21-13-19-33(29-35)45-49-40-26-10-7-23-37(40)43(52-45)31-15-3-1-4-16-31)54(48)36-22-14-20-34(30-36)46-50-41-27-11-8-24-38(41)44(53-46)32-17-5-2-6-18-32/h1-30H. The predicted octanol–water partition coefficient (Wildman–Crippen LogP) is 10.6. The maximum absolute atomic E-state index is 14.6. The molecule has 0 aliphatic heterocycles. The van der Waals surface area contributed by atoms with Crippen LogP contribution in [0.1, 0.15) is 0 Å². The fourth-order valence-electron chi connectivity index (χ4n) is 7.19. The summed E-state index contributed by atoms with van der Waals surface area (Å²) in [5.74, 6) is 1.64. The van der Waals surface area contributed by atoms with Crippen molar-refractivity contribution in [3.63, 3.8) is 0 Å².